The Morgan fingerprint density at radius 2 is 1.60 bits per heavy atom. The highest BCUT2D eigenvalue weighted by Gasteiger charge is 2.18. The van der Waals surface area contributed by atoms with E-state index in [1.165, 1.54) is 27.7 Å². The Balaban J connectivity index is 0. The monoisotopic (exact) mass is 240 g/mol. The minimum absolute atomic E-state index is 0.176. The van der Waals surface area contributed by atoms with Gasteiger partial charge in [0.2, 0.25) is 0 Å². The second kappa shape index (κ2) is 5.84. The number of carboxylic acid groups (broad SMARTS) is 1. The number of aliphatic carboxylic acids is 1. The minimum atomic E-state index is -4.28. The lowest BCUT2D eigenvalue weighted by molar-refractivity contribution is -0.132. The van der Waals surface area contributed by atoms with Crippen LogP contribution in [0.4, 0.5) is 0 Å². The zero-order chi connectivity index (χ0) is 12.9. The molecule has 0 fully saturated rings. The number of carboxylic acids is 1. The van der Waals surface area contributed by atoms with E-state index in [1.807, 2.05) is 0 Å². The average Bonchev–Trinajstić information content (AvgIpc) is 1.78. The highest BCUT2D eigenvalue weighted by Crippen LogP contribution is 2.09. The van der Waals surface area contributed by atoms with Crippen LogP contribution in [0, 0.1) is 0 Å². The van der Waals surface area contributed by atoms with E-state index in [9.17, 15) is 13.2 Å². The lowest BCUT2D eigenvalue weighted by atomic mass is 10.2. The van der Waals surface area contributed by atoms with Crippen molar-refractivity contribution in [2.24, 2.45) is 0 Å². The summed E-state index contributed by atoms with van der Waals surface area (Å²) in [5.41, 5.74) is -0.678. The van der Waals surface area contributed by atoms with Gasteiger partial charge in [-0.05, 0) is 27.7 Å². The molecule has 0 aromatic heterocycles. The minimum Gasteiger partial charge on any atom is -0.478 e. The lowest BCUT2D eigenvalue weighted by Gasteiger charge is -2.14. The second-order valence-corrected chi connectivity index (χ2v) is 4.73. The van der Waals surface area contributed by atoms with Gasteiger partial charge in [-0.25, -0.2) is 8.98 Å². The third-order valence-electron chi connectivity index (χ3n) is 0.720. The standard InChI is InChI=1S/C4H10O4S.C4H6O2/c1-4(2,3)8-9(5,6)7;1-3(2)4(5)6/h1-3H3,(H,5,6,7);1H2,2H3,(H,5,6). The maximum Gasteiger partial charge on any atom is 0.397 e. The van der Waals surface area contributed by atoms with Crippen LogP contribution < -0.4 is 0 Å². The van der Waals surface area contributed by atoms with Gasteiger partial charge in [-0.2, -0.15) is 8.42 Å². The summed E-state index contributed by atoms with van der Waals surface area (Å²) >= 11 is 0. The van der Waals surface area contributed by atoms with E-state index < -0.39 is 22.0 Å². The van der Waals surface area contributed by atoms with E-state index in [4.69, 9.17) is 9.66 Å². The lowest BCUT2D eigenvalue weighted by Crippen LogP contribution is -2.23. The Labute approximate surface area is 89.5 Å². The quantitative estimate of drug-likeness (QED) is 0.556. The summed E-state index contributed by atoms with van der Waals surface area (Å²) in [6.07, 6.45) is 0. The van der Waals surface area contributed by atoms with Crippen LogP contribution in [0.5, 0.6) is 0 Å². The third-order valence-corrected chi connectivity index (χ3v) is 1.43. The Hall–Kier alpha value is -0.920. The summed E-state index contributed by atoms with van der Waals surface area (Å²) in [6.45, 7) is 9.19. The maximum atomic E-state index is 9.98. The molecule has 0 aliphatic rings. The molecule has 0 aromatic rings. The van der Waals surface area contributed by atoms with Gasteiger partial charge in [-0.1, -0.05) is 6.58 Å². The van der Waals surface area contributed by atoms with Crippen molar-refractivity contribution in [3.8, 4) is 0 Å². The molecule has 0 saturated heterocycles. The largest absolute Gasteiger partial charge is 0.478 e. The predicted molar refractivity (Wildman–Crippen MR) is 54.8 cm³/mol. The molecule has 0 saturated carbocycles. The van der Waals surface area contributed by atoms with Gasteiger partial charge >= 0.3 is 16.4 Å². The molecule has 0 aromatic carbocycles. The fourth-order valence-electron chi connectivity index (χ4n) is 0.316. The number of carbonyl (C=O) groups is 1. The highest BCUT2D eigenvalue weighted by atomic mass is 32.3. The van der Waals surface area contributed by atoms with E-state index >= 15 is 0 Å². The van der Waals surface area contributed by atoms with Crippen LogP contribution in [0.25, 0.3) is 0 Å². The summed E-state index contributed by atoms with van der Waals surface area (Å²) in [4.78, 5) is 9.60. The molecule has 15 heavy (non-hydrogen) atoms. The summed E-state index contributed by atoms with van der Waals surface area (Å²) in [7, 11) is -4.28. The van der Waals surface area contributed by atoms with E-state index in [-0.39, 0.29) is 5.57 Å². The van der Waals surface area contributed by atoms with Crippen molar-refractivity contribution < 1.29 is 27.1 Å². The molecule has 7 heteroatoms. The average molecular weight is 240 g/mol. The van der Waals surface area contributed by atoms with Crippen molar-refractivity contribution in [3.05, 3.63) is 12.2 Å². The Kier molecular flexibility index (Phi) is 6.43. The van der Waals surface area contributed by atoms with E-state index in [0.717, 1.165) is 0 Å². The van der Waals surface area contributed by atoms with Gasteiger partial charge in [0.05, 0.1) is 5.60 Å². The van der Waals surface area contributed by atoms with Gasteiger partial charge < -0.3 is 5.11 Å². The van der Waals surface area contributed by atoms with Crippen molar-refractivity contribution in [1.29, 1.82) is 0 Å². The fourth-order valence-corrected chi connectivity index (χ4v) is 0.948. The van der Waals surface area contributed by atoms with E-state index in [1.54, 1.807) is 0 Å². The Morgan fingerprint density at radius 1 is 1.33 bits per heavy atom. The van der Waals surface area contributed by atoms with Crippen molar-refractivity contribution in [3.63, 3.8) is 0 Å². The first-order valence-corrected chi connectivity index (χ1v) is 5.28. The fraction of sp³-hybridized carbons (Fsp3) is 0.625. The molecule has 2 N–H and O–H groups in total. The summed E-state index contributed by atoms with van der Waals surface area (Å²) in [5, 5.41) is 7.89. The van der Waals surface area contributed by atoms with Crippen LogP contribution >= 0.6 is 0 Å². The zero-order valence-corrected chi connectivity index (χ0v) is 9.96. The van der Waals surface area contributed by atoms with Gasteiger partial charge in [0.25, 0.3) is 0 Å². The molecule has 0 amide bonds. The van der Waals surface area contributed by atoms with E-state index in [2.05, 4.69) is 10.8 Å². The molecule has 0 bridgehead atoms. The molecule has 0 atom stereocenters. The van der Waals surface area contributed by atoms with Gasteiger partial charge in [0.15, 0.2) is 0 Å². The van der Waals surface area contributed by atoms with Gasteiger partial charge in [0.1, 0.15) is 0 Å². The van der Waals surface area contributed by atoms with Gasteiger partial charge in [-0.3, -0.25) is 4.55 Å². The SMILES string of the molecule is C=C(C)C(=O)O.CC(C)(C)OS(=O)(=O)O. The number of hydrogen-bond donors (Lipinski definition) is 2. The smallest absolute Gasteiger partial charge is 0.397 e. The topological polar surface area (TPSA) is 101 Å². The molecule has 0 radical (unpaired) electrons. The summed E-state index contributed by atoms with van der Waals surface area (Å²) in [5.74, 6) is -0.935. The molecule has 0 aliphatic carbocycles. The van der Waals surface area contributed by atoms with Crippen molar-refractivity contribution in [2.45, 2.75) is 33.3 Å². The molecule has 0 spiro atoms. The molecule has 0 heterocycles. The number of hydrogen-bond acceptors (Lipinski definition) is 4. The van der Waals surface area contributed by atoms with Crippen LogP contribution in [0.15, 0.2) is 12.2 Å². The Bertz CT molecular complexity index is 310. The molecular formula is C8H16O6S. The molecule has 90 valence electrons. The predicted octanol–water partition coefficient (Wildman–Crippen LogP) is 1.25. The van der Waals surface area contributed by atoms with Crippen LogP contribution in [-0.4, -0.2) is 29.6 Å². The van der Waals surface area contributed by atoms with Crippen LogP contribution in [0.3, 0.4) is 0 Å². The van der Waals surface area contributed by atoms with Crippen LogP contribution in [0.1, 0.15) is 27.7 Å². The maximum absolute atomic E-state index is 9.98. The molecule has 0 aliphatic heterocycles. The summed E-state index contributed by atoms with van der Waals surface area (Å²) < 4.78 is 32.2. The molecular weight excluding hydrogens is 224 g/mol. The Morgan fingerprint density at radius 3 is 1.60 bits per heavy atom. The normalized spacial score (nSPS) is 11.3. The summed E-state index contributed by atoms with van der Waals surface area (Å²) in [6, 6.07) is 0. The molecule has 0 unspecified atom stereocenters. The highest BCUT2D eigenvalue weighted by molar-refractivity contribution is 7.80. The number of rotatable bonds is 2. The first kappa shape index (κ1) is 16.5. The van der Waals surface area contributed by atoms with Crippen molar-refractivity contribution >= 4 is 16.4 Å². The van der Waals surface area contributed by atoms with Crippen LogP contribution in [0.2, 0.25) is 0 Å². The van der Waals surface area contributed by atoms with Crippen molar-refractivity contribution in [2.75, 3.05) is 0 Å². The van der Waals surface area contributed by atoms with Gasteiger partial charge in [0, 0.05) is 5.57 Å². The van der Waals surface area contributed by atoms with Gasteiger partial charge in [-0.15, -0.1) is 0 Å². The first-order chi connectivity index (χ1) is 6.35. The van der Waals surface area contributed by atoms with Crippen LogP contribution in [-0.2, 0) is 19.4 Å². The van der Waals surface area contributed by atoms with Crippen molar-refractivity contribution in [1.82, 2.24) is 0 Å². The molecule has 0 rings (SSSR count). The second-order valence-electron chi connectivity index (χ2n) is 3.71. The first-order valence-electron chi connectivity index (χ1n) is 3.92. The molecule has 6 nitrogen and oxygen atoms in total. The third kappa shape index (κ3) is 19.5. The zero-order valence-electron chi connectivity index (χ0n) is 9.14. The van der Waals surface area contributed by atoms with E-state index in [0.29, 0.717) is 0 Å².